The van der Waals surface area contributed by atoms with Gasteiger partial charge >= 0.3 is 6.36 Å². The van der Waals surface area contributed by atoms with E-state index >= 15 is 4.39 Å². The monoisotopic (exact) mass is 536 g/mol. The lowest BCUT2D eigenvalue weighted by Gasteiger charge is -2.22. The molecule has 3 aromatic rings. The summed E-state index contributed by atoms with van der Waals surface area (Å²) in [7, 11) is -3.11. The van der Waals surface area contributed by atoms with Crippen molar-refractivity contribution in [3.8, 4) is 23.0 Å². The van der Waals surface area contributed by atoms with Crippen molar-refractivity contribution in [2.75, 3.05) is 12.4 Å². The Morgan fingerprint density at radius 3 is 2.58 bits per heavy atom. The summed E-state index contributed by atoms with van der Waals surface area (Å²) in [5.41, 5.74) is 4.62. The van der Waals surface area contributed by atoms with Crippen molar-refractivity contribution in [2.45, 2.75) is 38.0 Å². The number of benzene rings is 2. The lowest BCUT2D eigenvalue weighted by Crippen LogP contribution is -2.18. The van der Waals surface area contributed by atoms with Crippen LogP contribution in [0.15, 0.2) is 48.7 Å². The molecule has 1 saturated carbocycles. The van der Waals surface area contributed by atoms with E-state index in [0.717, 1.165) is 25.0 Å². The lowest BCUT2D eigenvalue weighted by atomic mass is 9.96. The van der Waals surface area contributed by atoms with Crippen molar-refractivity contribution in [3.63, 3.8) is 0 Å². The fourth-order valence-corrected chi connectivity index (χ4v) is 4.27. The predicted molar refractivity (Wildman–Crippen MR) is 128 cm³/mol. The molecule has 0 spiro atoms. The zero-order valence-electron chi connectivity index (χ0n) is 22.6. The fourth-order valence-electron chi connectivity index (χ4n) is 4.27. The number of nitrogens with one attached hydrogen (secondary N) is 1. The van der Waals surface area contributed by atoms with Crippen molar-refractivity contribution in [1.29, 1.82) is 0 Å². The highest BCUT2D eigenvalue weighted by molar-refractivity contribution is 6.07. The topological polar surface area (TPSA) is 113 Å². The number of halogens is 4. The molecule has 1 heterocycles. The van der Waals surface area contributed by atoms with Crippen LogP contribution in [0.3, 0.4) is 0 Å². The molecule has 12 heteroatoms. The summed E-state index contributed by atoms with van der Waals surface area (Å²) in [6.45, 7) is 0. The van der Waals surface area contributed by atoms with E-state index in [1.54, 1.807) is 0 Å². The quantitative estimate of drug-likeness (QED) is 0.345. The van der Waals surface area contributed by atoms with Gasteiger partial charge in [0.15, 0.2) is 11.5 Å². The Balaban J connectivity index is 1.80. The molecule has 0 aliphatic heterocycles. The summed E-state index contributed by atoms with van der Waals surface area (Å²) in [4.78, 5) is 28.4. The van der Waals surface area contributed by atoms with E-state index in [9.17, 15) is 22.8 Å². The number of nitrogens with zero attached hydrogens (tertiary/aromatic N) is 1. The number of carbonyl (C=O) groups is 2. The highest BCUT2D eigenvalue weighted by atomic mass is 19.4. The highest BCUT2D eigenvalue weighted by Gasteiger charge is 2.33. The average molecular weight is 536 g/mol. The number of pyridine rings is 1. The van der Waals surface area contributed by atoms with Gasteiger partial charge in [-0.15, -0.1) is 13.2 Å². The van der Waals surface area contributed by atoms with E-state index in [2.05, 4.69) is 15.0 Å². The molecule has 0 saturated heterocycles. The average Bonchev–Trinajstić information content (AvgIpc) is 3.38. The van der Waals surface area contributed by atoms with Crippen molar-refractivity contribution >= 4 is 17.5 Å². The van der Waals surface area contributed by atoms with E-state index in [0.29, 0.717) is 18.9 Å². The van der Waals surface area contributed by atoms with Crippen LogP contribution in [0, 0.1) is 5.82 Å². The molecule has 1 aliphatic rings. The minimum atomic E-state index is -5.08. The summed E-state index contributed by atoms with van der Waals surface area (Å²) in [6.07, 6.45) is -1.31. The molecule has 1 aromatic heterocycles. The van der Waals surface area contributed by atoms with Crippen LogP contribution in [0.25, 0.3) is 0 Å². The molecule has 4 rings (SSSR count). The molecule has 2 amide bonds. The first-order valence-electron chi connectivity index (χ1n) is 12.9. The first-order valence-corrected chi connectivity index (χ1v) is 11.4. The number of hydrogen-bond acceptors (Lipinski definition) is 6. The summed E-state index contributed by atoms with van der Waals surface area (Å²) in [5, 5.41) is 2.40. The molecular formula is C26H23F4N3O5. The number of methoxy groups -OCH3 is 1. The van der Waals surface area contributed by atoms with Crippen molar-refractivity contribution in [1.82, 2.24) is 4.98 Å². The van der Waals surface area contributed by atoms with Gasteiger partial charge < -0.3 is 25.3 Å². The number of nitrogens with two attached hydrogens (primary N) is 1. The van der Waals surface area contributed by atoms with E-state index in [1.807, 2.05) is 0 Å². The van der Waals surface area contributed by atoms with Crippen LogP contribution in [0.4, 0.5) is 23.2 Å². The number of aromatic nitrogens is 1. The van der Waals surface area contributed by atoms with Crippen molar-refractivity contribution < 1.29 is 45.5 Å². The standard InChI is InChI=1S/C26H23F4N3O5/c1-36-21-13-16(38-26(28,29)30)12-17(14-5-2-3-6-14)23(21)37-20-8-4-7-18(27)22(20)25(35)33-15-9-10-32-19(11-15)24(31)34/h4,7-14H,2-3,5-6H2,1H3,(H2,31,34)(H,32,33,35)/i1D3. The van der Waals surface area contributed by atoms with Crippen LogP contribution in [0.1, 0.15) is 62.1 Å². The minimum Gasteiger partial charge on any atom is -0.493 e. The zero-order valence-corrected chi connectivity index (χ0v) is 19.6. The van der Waals surface area contributed by atoms with Gasteiger partial charge in [-0.1, -0.05) is 18.9 Å². The van der Waals surface area contributed by atoms with Crippen LogP contribution in [-0.4, -0.2) is 30.2 Å². The minimum absolute atomic E-state index is 0.0553. The van der Waals surface area contributed by atoms with Gasteiger partial charge in [-0.3, -0.25) is 14.6 Å². The number of primary amides is 1. The Bertz CT molecular complexity index is 1460. The van der Waals surface area contributed by atoms with E-state index < -0.39 is 48.1 Å². The Kier molecular flexibility index (Phi) is 6.58. The Hall–Kier alpha value is -4.35. The maximum Gasteiger partial charge on any atom is 0.573 e. The summed E-state index contributed by atoms with van der Waals surface area (Å²) in [5.74, 6) is -5.31. The van der Waals surface area contributed by atoms with Gasteiger partial charge in [0.05, 0.1) is 11.2 Å². The third-order valence-electron chi connectivity index (χ3n) is 5.88. The molecule has 0 bridgehead atoms. The Morgan fingerprint density at radius 1 is 1.13 bits per heavy atom. The first-order chi connectivity index (χ1) is 19.2. The zero-order chi connectivity index (χ0) is 29.9. The van der Waals surface area contributed by atoms with Gasteiger partial charge in [-0.25, -0.2) is 4.39 Å². The molecule has 200 valence electrons. The summed E-state index contributed by atoms with van der Waals surface area (Å²) >= 11 is 0. The number of carbonyl (C=O) groups excluding carboxylic acids is 2. The predicted octanol–water partition coefficient (Wildman–Crippen LogP) is 5.93. The second-order valence-electron chi connectivity index (χ2n) is 8.43. The summed E-state index contributed by atoms with van der Waals surface area (Å²) in [6, 6.07) is 7.67. The number of hydrogen-bond donors (Lipinski definition) is 2. The molecular weight excluding hydrogens is 510 g/mol. The summed E-state index contributed by atoms with van der Waals surface area (Å²) < 4.78 is 91.8. The first kappa shape index (κ1) is 22.8. The number of anilines is 1. The van der Waals surface area contributed by atoms with Gasteiger partial charge in [0.1, 0.15) is 28.6 Å². The van der Waals surface area contributed by atoms with Crippen LogP contribution < -0.4 is 25.3 Å². The molecule has 0 atom stereocenters. The lowest BCUT2D eigenvalue weighted by molar-refractivity contribution is -0.274. The molecule has 2 aromatic carbocycles. The number of rotatable bonds is 8. The Morgan fingerprint density at radius 2 is 1.89 bits per heavy atom. The van der Waals surface area contributed by atoms with Crippen LogP contribution in [0.2, 0.25) is 0 Å². The fraction of sp³-hybridized carbons (Fsp3) is 0.269. The normalized spacial score (nSPS) is 15.2. The van der Waals surface area contributed by atoms with E-state index in [4.69, 9.17) is 19.3 Å². The second kappa shape index (κ2) is 11.0. The maximum absolute atomic E-state index is 15.0. The molecule has 0 radical (unpaired) electrons. The van der Waals surface area contributed by atoms with Gasteiger partial charge in [0, 0.05) is 23.5 Å². The van der Waals surface area contributed by atoms with E-state index in [-0.39, 0.29) is 34.4 Å². The SMILES string of the molecule is [2H]C([2H])([2H])Oc1cc(OC(F)(F)F)cc(C2CCCC2)c1Oc1cccc(F)c1C(=O)Nc1ccnc(C(N)=O)c1. The number of ether oxygens (including phenoxy) is 3. The third kappa shape index (κ3) is 6.13. The van der Waals surface area contributed by atoms with Crippen LogP contribution in [-0.2, 0) is 0 Å². The van der Waals surface area contributed by atoms with Crippen molar-refractivity contribution in [3.05, 3.63) is 71.3 Å². The second-order valence-corrected chi connectivity index (χ2v) is 8.43. The molecule has 8 nitrogen and oxygen atoms in total. The van der Waals surface area contributed by atoms with Gasteiger partial charge in [-0.05, 0) is 49.1 Å². The largest absolute Gasteiger partial charge is 0.573 e. The third-order valence-corrected chi connectivity index (χ3v) is 5.88. The highest BCUT2D eigenvalue weighted by Crippen LogP contribution is 2.47. The van der Waals surface area contributed by atoms with E-state index in [1.165, 1.54) is 30.5 Å². The van der Waals surface area contributed by atoms with Gasteiger partial charge in [-0.2, -0.15) is 0 Å². The van der Waals surface area contributed by atoms with Gasteiger partial charge in [0.25, 0.3) is 11.8 Å². The smallest absolute Gasteiger partial charge is 0.493 e. The maximum atomic E-state index is 15.0. The van der Waals surface area contributed by atoms with Crippen LogP contribution >= 0.6 is 0 Å². The molecule has 3 N–H and O–H groups in total. The molecule has 1 fully saturated rings. The molecule has 1 aliphatic carbocycles. The van der Waals surface area contributed by atoms with Gasteiger partial charge in [0.2, 0.25) is 0 Å². The number of alkyl halides is 3. The molecule has 38 heavy (non-hydrogen) atoms. The van der Waals surface area contributed by atoms with Crippen molar-refractivity contribution in [2.24, 2.45) is 5.73 Å². The number of amides is 2. The Labute approximate surface area is 218 Å². The van der Waals surface area contributed by atoms with Crippen LogP contribution in [0.5, 0.6) is 23.0 Å². The molecule has 0 unspecified atom stereocenters.